The zero-order chi connectivity index (χ0) is 24.1. The van der Waals surface area contributed by atoms with E-state index in [2.05, 4.69) is 11.9 Å². The van der Waals surface area contributed by atoms with E-state index >= 15 is 0 Å². The van der Waals surface area contributed by atoms with Crippen molar-refractivity contribution in [3.63, 3.8) is 0 Å². The molecule has 8 heteroatoms. The molecule has 2 heterocycles. The van der Waals surface area contributed by atoms with Crippen molar-refractivity contribution < 1.29 is 24.2 Å². The third-order valence-corrected chi connectivity index (χ3v) is 6.40. The highest BCUT2D eigenvalue weighted by Gasteiger charge is 2.48. The van der Waals surface area contributed by atoms with Gasteiger partial charge in [-0.1, -0.05) is 44.0 Å². The van der Waals surface area contributed by atoms with Crippen LogP contribution in [0, 0.1) is 0 Å². The molecular formula is C26H26N2O5S. The predicted molar refractivity (Wildman–Crippen MR) is 131 cm³/mol. The van der Waals surface area contributed by atoms with Crippen molar-refractivity contribution in [2.75, 3.05) is 18.6 Å². The maximum atomic E-state index is 13.1. The molecule has 4 rings (SSSR count). The van der Waals surface area contributed by atoms with Gasteiger partial charge >= 0.3 is 5.91 Å². The van der Waals surface area contributed by atoms with Gasteiger partial charge in [0.15, 0.2) is 5.13 Å². The van der Waals surface area contributed by atoms with E-state index in [1.807, 2.05) is 24.3 Å². The number of unbranched alkanes of at least 4 members (excludes halogenated alkanes) is 2. The number of anilines is 1. The van der Waals surface area contributed by atoms with Gasteiger partial charge in [0.05, 0.1) is 25.3 Å². The van der Waals surface area contributed by atoms with E-state index in [9.17, 15) is 14.7 Å². The summed E-state index contributed by atoms with van der Waals surface area (Å²) in [6.45, 7) is 2.76. The molecule has 2 aromatic carbocycles. The molecule has 0 saturated carbocycles. The van der Waals surface area contributed by atoms with Crippen LogP contribution in [0.2, 0.25) is 0 Å². The van der Waals surface area contributed by atoms with Gasteiger partial charge in [0.1, 0.15) is 17.3 Å². The molecule has 1 saturated heterocycles. The van der Waals surface area contributed by atoms with Gasteiger partial charge in [0, 0.05) is 17.1 Å². The molecule has 34 heavy (non-hydrogen) atoms. The molecule has 0 radical (unpaired) electrons. The highest BCUT2D eigenvalue weighted by molar-refractivity contribution is 7.14. The summed E-state index contributed by atoms with van der Waals surface area (Å²) < 4.78 is 11.1. The van der Waals surface area contributed by atoms with Crippen LogP contribution in [-0.2, 0) is 9.59 Å². The minimum atomic E-state index is -0.827. The number of ketones is 1. The maximum Gasteiger partial charge on any atom is 0.301 e. The number of amides is 1. The number of carbonyl (C=O) groups is 2. The molecule has 1 fully saturated rings. The number of aliphatic hydroxyl groups excluding tert-OH is 1. The lowest BCUT2D eigenvalue weighted by atomic mass is 9.95. The van der Waals surface area contributed by atoms with Crippen LogP contribution in [0.25, 0.3) is 5.76 Å². The largest absolute Gasteiger partial charge is 0.507 e. The fourth-order valence-corrected chi connectivity index (χ4v) is 4.56. The smallest absolute Gasteiger partial charge is 0.301 e. The minimum absolute atomic E-state index is 0.00469. The van der Waals surface area contributed by atoms with Crippen LogP contribution in [0.4, 0.5) is 5.13 Å². The Kier molecular flexibility index (Phi) is 7.27. The fraction of sp³-hybridized carbons (Fsp3) is 0.269. The van der Waals surface area contributed by atoms with Gasteiger partial charge < -0.3 is 14.6 Å². The standard InChI is InChI=1S/C26H26N2O5S/c1-3-4-5-14-33-19-11-9-17(10-12-19)22-21(23(29)18-7-6-8-20(16-18)32-2)24(30)25(31)28(22)26-27-13-15-34-26/h6-13,15-16,22,29H,3-5,14H2,1-2H3/b23-21+. The highest BCUT2D eigenvalue weighted by Crippen LogP contribution is 2.43. The van der Waals surface area contributed by atoms with Gasteiger partial charge in [-0.15, -0.1) is 11.3 Å². The Bertz CT molecular complexity index is 1190. The predicted octanol–water partition coefficient (Wildman–Crippen LogP) is 5.35. The highest BCUT2D eigenvalue weighted by atomic mass is 32.1. The second-order valence-corrected chi connectivity index (χ2v) is 8.71. The lowest BCUT2D eigenvalue weighted by Gasteiger charge is -2.23. The summed E-state index contributed by atoms with van der Waals surface area (Å²) in [6, 6.07) is 13.2. The fourth-order valence-electron chi connectivity index (χ4n) is 3.89. The zero-order valence-corrected chi connectivity index (χ0v) is 19.9. The molecule has 0 aliphatic carbocycles. The summed E-state index contributed by atoms with van der Waals surface area (Å²) in [4.78, 5) is 31.8. The Morgan fingerprint density at radius 2 is 1.91 bits per heavy atom. The maximum absolute atomic E-state index is 13.1. The van der Waals surface area contributed by atoms with Crippen LogP contribution in [0.1, 0.15) is 43.4 Å². The van der Waals surface area contributed by atoms with Crippen molar-refractivity contribution >= 4 is 33.9 Å². The number of nitrogens with zero attached hydrogens (tertiary/aromatic N) is 2. The van der Waals surface area contributed by atoms with Crippen LogP contribution < -0.4 is 14.4 Å². The van der Waals surface area contributed by atoms with Gasteiger partial charge in [-0.25, -0.2) is 4.98 Å². The van der Waals surface area contributed by atoms with Crippen LogP contribution in [-0.4, -0.2) is 35.5 Å². The molecule has 1 unspecified atom stereocenters. The molecule has 176 valence electrons. The summed E-state index contributed by atoms with van der Waals surface area (Å²) in [7, 11) is 1.52. The van der Waals surface area contributed by atoms with Crippen LogP contribution in [0.3, 0.4) is 0 Å². The number of hydrogen-bond acceptors (Lipinski definition) is 7. The second kappa shape index (κ2) is 10.5. The van der Waals surface area contributed by atoms with Crippen molar-refractivity contribution in [3.8, 4) is 11.5 Å². The van der Waals surface area contributed by atoms with Crippen molar-refractivity contribution in [2.24, 2.45) is 0 Å². The first-order valence-electron chi connectivity index (χ1n) is 11.1. The van der Waals surface area contributed by atoms with Crippen molar-refractivity contribution in [3.05, 3.63) is 76.8 Å². The van der Waals surface area contributed by atoms with E-state index in [4.69, 9.17) is 9.47 Å². The lowest BCUT2D eigenvalue weighted by molar-refractivity contribution is -0.132. The van der Waals surface area contributed by atoms with Gasteiger partial charge in [-0.3, -0.25) is 14.5 Å². The molecule has 1 aliphatic heterocycles. The molecule has 0 spiro atoms. The Morgan fingerprint density at radius 3 is 2.59 bits per heavy atom. The Morgan fingerprint density at radius 1 is 1.12 bits per heavy atom. The van der Waals surface area contributed by atoms with Gasteiger partial charge in [-0.2, -0.15) is 0 Å². The lowest BCUT2D eigenvalue weighted by Crippen LogP contribution is -2.29. The normalized spacial score (nSPS) is 17.2. The molecule has 7 nitrogen and oxygen atoms in total. The quantitative estimate of drug-likeness (QED) is 0.193. The summed E-state index contributed by atoms with van der Waals surface area (Å²) in [6.07, 6.45) is 4.77. The Labute approximate surface area is 202 Å². The number of Topliss-reactive ketones (excluding diaryl/α,β-unsaturated/α-hetero) is 1. The third kappa shape index (κ3) is 4.68. The van der Waals surface area contributed by atoms with Crippen molar-refractivity contribution in [1.82, 2.24) is 4.98 Å². The third-order valence-electron chi connectivity index (χ3n) is 5.63. The van der Waals surface area contributed by atoms with Crippen molar-refractivity contribution in [1.29, 1.82) is 0 Å². The monoisotopic (exact) mass is 478 g/mol. The average Bonchev–Trinajstić information content (AvgIpc) is 3.48. The van der Waals surface area contributed by atoms with E-state index in [1.54, 1.807) is 35.8 Å². The minimum Gasteiger partial charge on any atom is -0.507 e. The molecule has 3 aromatic rings. The molecule has 1 atom stereocenters. The molecule has 1 aromatic heterocycles. The topological polar surface area (TPSA) is 89.0 Å². The zero-order valence-electron chi connectivity index (χ0n) is 19.1. The molecule has 1 N–H and O–H groups in total. The number of aliphatic hydroxyl groups is 1. The van der Waals surface area contributed by atoms with Crippen LogP contribution in [0.15, 0.2) is 65.7 Å². The molecule has 1 aliphatic rings. The molecule has 1 amide bonds. The van der Waals surface area contributed by atoms with Crippen LogP contribution >= 0.6 is 11.3 Å². The Hall–Kier alpha value is -3.65. The van der Waals surface area contributed by atoms with E-state index in [-0.39, 0.29) is 11.3 Å². The summed E-state index contributed by atoms with van der Waals surface area (Å²) in [5, 5.41) is 13.3. The summed E-state index contributed by atoms with van der Waals surface area (Å²) in [5.41, 5.74) is 1.06. The first kappa shape index (κ1) is 23.5. The molecular weight excluding hydrogens is 452 g/mol. The van der Waals surface area contributed by atoms with Crippen molar-refractivity contribution in [2.45, 2.75) is 32.2 Å². The average molecular weight is 479 g/mol. The van der Waals surface area contributed by atoms with Crippen LogP contribution in [0.5, 0.6) is 11.5 Å². The number of hydrogen-bond donors (Lipinski definition) is 1. The second-order valence-electron chi connectivity index (χ2n) is 7.84. The Balaban J connectivity index is 1.76. The molecule has 0 bridgehead atoms. The number of benzene rings is 2. The first-order chi connectivity index (χ1) is 16.5. The van der Waals surface area contributed by atoms with E-state index in [0.29, 0.717) is 34.4 Å². The number of ether oxygens (including phenoxy) is 2. The van der Waals surface area contributed by atoms with E-state index in [0.717, 1.165) is 19.3 Å². The van der Waals surface area contributed by atoms with Gasteiger partial charge in [0.2, 0.25) is 0 Å². The number of methoxy groups -OCH3 is 1. The SMILES string of the molecule is CCCCCOc1ccc(C2/C(=C(\O)c3cccc(OC)c3)C(=O)C(=O)N2c2nccs2)cc1. The van der Waals surface area contributed by atoms with E-state index < -0.39 is 17.7 Å². The first-order valence-corrected chi connectivity index (χ1v) is 12.0. The van der Waals surface area contributed by atoms with Gasteiger partial charge in [-0.05, 0) is 36.2 Å². The van der Waals surface area contributed by atoms with E-state index in [1.165, 1.54) is 23.3 Å². The summed E-state index contributed by atoms with van der Waals surface area (Å²) in [5.74, 6) is -0.524. The van der Waals surface area contributed by atoms with Gasteiger partial charge in [0.25, 0.3) is 5.78 Å². The number of thiazole rings is 1. The number of carbonyl (C=O) groups excluding carboxylic acids is 2. The summed E-state index contributed by atoms with van der Waals surface area (Å²) >= 11 is 1.25. The number of rotatable bonds is 9. The number of aromatic nitrogens is 1.